The van der Waals surface area contributed by atoms with E-state index in [9.17, 15) is 4.79 Å². The third kappa shape index (κ3) is 3.90. The summed E-state index contributed by atoms with van der Waals surface area (Å²) < 4.78 is 6.00. The number of thioether (sulfide) groups is 1. The second kappa shape index (κ2) is 7.70. The number of aromatic nitrogens is 3. The van der Waals surface area contributed by atoms with Crippen LogP contribution in [0.5, 0.6) is 5.75 Å². The predicted octanol–water partition coefficient (Wildman–Crippen LogP) is 2.31. The number of nitrogens with zero attached hydrogens (tertiary/aromatic N) is 3. The van der Waals surface area contributed by atoms with E-state index in [0.717, 1.165) is 24.4 Å². The van der Waals surface area contributed by atoms with E-state index >= 15 is 0 Å². The van der Waals surface area contributed by atoms with E-state index in [1.54, 1.807) is 0 Å². The van der Waals surface area contributed by atoms with Crippen molar-refractivity contribution >= 4 is 17.7 Å². The van der Waals surface area contributed by atoms with Crippen LogP contribution in [0, 0.1) is 0 Å². The number of rotatable bonds is 7. The van der Waals surface area contributed by atoms with E-state index in [1.165, 1.54) is 17.3 Å². The first-order valence-electron chi connectivity index (χ1n) is 8.26. The summed E-state index contributed by atoms with van der Waals surface area (Å²) in [5.74, 6) is 2.24. The van der Waals surface area contributed by atoms with Gasteiger partial charge in [-0.1, -0.05) is 43.8 Å². The molecular formula is C17H22N4O2S. The van der Waals surface area contributed by atoms with Crippen molar-refractivity contribution in [1.82, 2.24) is 20.1 Å². The Bertz CT molecular complexity index is 697. The lowest BCUT2D eigenvalue weighted by atomic mass is 10.1. The monoisotopic (exact) mass is 346 g/mol. The van der Waals surface area contributed by atoms with Crippen LogP contribution in [0.2, 0.25) is 0 Å². The van der Waals surface area contributed by atoms with Gasteiger partial charge in [0.05, 0.1) is 18.8 Å². The first-order valence-corrected chi connectivity index (χ1v) is 9.24. The second-order valence-electron chi connectivity index (χ2n) is 5.71. The number of carbonyl (C=O) groups is 1. The van der Waals surface area contributed by atoms with Crippen molar-refractivity contribution < 1.29 is 9.53 Å². The Hall–Kier alpha value is -2.02. The molecule has 1 aromatic heterocycles. The molecule has 0 spiro atoms. The van der Waals surface area contributed by atoms with E-state index in [1.807, 2.05) is 30.0 Å². The van der Waals surface area contributed by atoms with Gasteiger partial charge in [0.15, 0.2) is 0 Å². The van der Waals surface area contributed by atoms with Gasteiger partial charge < -0.3 is 9.64 Å². The van der Waals surface area contributed by atoms with Gasteiger partial charge in [-0.15, -0.1) is 5.10 Å². The number of H-pyrrole nitrogens is 1. The molecule has 2 heterocycles. The Balaban J connectivity index is 1.43. The van der Waals surface area contributed by atoms with Crippen LogP contribution in [0.3, 0.4) is 0 Å². The van der Waals surface area contributed by atoms with Gasteiger partial charge in [0, 0.05) is 6.42 Å². The standard InChI is InChI=1S/C17H22N4O2S/c1-3-12-7-5-6-8-14(12)23-13-9-21(10-13)16(22)11-24-17-18-15(4-2)19-20-17/h5-8,13H,3-4,9-11H2,1-2H3,(H,18,19,20). The molecule has 1 saturated heterocycles. The van der Waals surface area contributed by atoms with Crippen molar-refractivity contribution in [2.75, 3.05) is 18.8 Å². The molecule has 0 aliphatic carbocycles. The van der Waals surface area contributed by atoms with Gasteiger partial charge >= 0.3 is 0 Å². The molecule has 1 N–H and O–H groups in total. The molecule has 1 fully saturated rings. The number of benzene rings is 1. The van der Waals surface area contributed by atoms with Gasteiger partial charge in [0.25, 0.3) is 0 Å². The molecular weight excluding hydrogens is 324 g/mol. The largest absolute Gasteiger partial charge is 0.486 e. The molecule has 24 heavy (non-hydrogen) atoms. The van der Waals surface area contributed by atoms with E-state index < -0.39 is 0 Å². The Morgan fingerprint density at radius 3 is 2.83 bits per heavy atom. The molecule has 0 bridgehead atoms. The summed E-state index contributed by atoms with van der Waals surface area (Å²) in [5.41, 5.74) is 1.20. The first-order chi connectivity index (χ1) is 11.7. The predicted molar refractivity (Wildman–Crippen MR) is 93.3 cm³/mol. The molecule has 128 valence electrons. The smallest absolute Gasteiger partial charge is 0.233 e. The maximum absolute atomic E-state index is 12.2. The topological polar surface area (TPSA) is 71.1 Å². The zero-order valence-electron chi connectivity index (χ0n) is 14.0. The molecule has 0 unspecified atom stereocenters. The number of nitrogens with one attached hydrogen (secondary N) is 1. The van der Waals surface area contributed by atoms with E-state index in [0.29, 0.717) is 24.0 Å². The van der Waals surface area contributed by atoms with Gasteiger partial charge in [-0.3, -0.25) is 9.89 Å². The van der Waals surface area contributed by atoms with Crippen molar-refractivity contribution in [1.29, 1.82) is 0 Å². The molecule has 1 aromatic carbocycles. The maximum Gasteiger partial charge on any atom is 0.233 e. The Labute approximate surface area is 146 Å². The van der Waals surface area contributed by atoms with Crippen LogP contribution in [0.25, 0.3) is 0 Å². The summed E-state index contributed by atoms with van der Waals surface area (Å²) >= 11 is 1.37. The van der Waals surface area contributed by atoms with Crippen LogP contribution in [0.4, 0.5) is 0 Å². The van der Waals surface area contributed by atoms with Crippen LogP contribution in [-0.2, 0) is 17.6 Å². The highest BCUT2D eigenvalue weighted by atomic mass is 32.2. The number of carbonyl (C=O) groups excluding carboxylic acids is 1. The summed E-state index contributed by atoms with van der Waals surface area (Å²) in [7, 11) is 0. The molecule has 3 rings (SSSR count). The fourth-order valence-corrected chi connectivity index (χ4v) is 3.24. The van der Waals surface area contributed by atoms with Gasteiger partial charge in [-0.25, -0.2) is 4.98 Å². The fraction of sp³-hybridized carbons (Fsp3) is 0.471. The molecule has 1 aliphatic heterocycles. The summed E-state index contributed by atoms with van der Waals surface area (Å²) in [6.45, 7) is 5.41. The quantitative estimate of drug-likeness (QED) is 0.779. The van der Waals surface area contributed by atoms with Gasteiger partial charge in [-0.05, 0) is 18.1 Å². The molecule has 0 saturated carbocycles. The normalized spacial score (nSPS) is 14.5. The highest BCUT2D eigenvalue weighted by molar-refractivity contribution is 7.99. The van der Waals surface area contributed by atoms with Crippen molar-refractivity contribution in [3.05, 3.63) is 35.7 Å². The number of ether oxygens (including phenoxy) is 1. The van der Waals surface area contributed by atoms with Crippen LogP contribution < -0.4 is 4.74 Å². The molecule has 0 atom stereocenters. The van der Waals surface area contributed by atoms with Gasteiger partial charge in [-0.2, -0.15) is 0 Å². The zero-order chi connectivity index (χ0) is 16.9. The third-order valence-corrected chi connectivity index (χ3v) is 4.85. The first kappa shape index (κ1) is 16.8. The minimum atomic E-state index is 0.0850. The van der Waals surface area contributed by atoms with Crippen molar-refractivity contribution in [3.63, 3.8) is 0 Å². The summed E-state index contributed by atoms with van der Waals surface area (Å²) in [6, 6.07) is 8.07. The zero-order valence-corrected chi connectivity index (χ0v) is 14.8. The second-order valence-corrected chi connectivity index (χ2v) is 6.65. The minimum absolute atomic E-state index is 0.0850. The number of amides is 1. The average Bonchev–Trinajstić information content (AvgIpc) is 3.04. The highest BCUT2D eigenvalue weighted by Crippen LogP contribution is 2.23. The van der Waals surface area contributed by atoms with Crippen LogP contribution in [0.1, 0.15) is 25.2 Å². The fourth-order valence-electron chi connectivity index (χ4n) is 2.52. The SMILES string of the molecule is CCc1nc(SCC(=O)N2CC(Oc3ccccc3CC)C2)n[nH]1. The van der Waals surface area contributed by atoms with Gasteiger partial charge in [0.1, 0.15) is 17.7 Å². The van der Waals surface area contributed by atoms with Crippen molar-refractivity contribution in [3.8, 4) is 5.75 Å². The van der Waals surface area contributed by atoms with Gasteiger partial charge in [0.2, 0.25) is 11.1 Å². The van der Waals surface area contributed by atoms with E-state index in [2.05, 4.69) is 28.2 Å². The number of likely N-dealkylation sites (tertiary alicyclic amines) is 1. The number of para-hydroxylation sites is 1. The lowest BCUT2D eigenvalue weighted by Crippen LogP contribution is -2.56. The van der Waals surface area contributed by atoms with Crippen LogP contribution >= 0.6 is 11.8 Å². The lowest BCUT2D eigenvalue weighted by molar-refractivity contribution is -0.137. The molecule has 2 aromatic rings. The molecule has 1 aliphatic rings. The summed E-state index contributed by atoms with van der Waals surface area (Å²) in [5, 5.41) is 7.57. The Morgan fingerprint density at radius 2 is 2.12 bits per heavy atom. The average molecular weight is 346 g/mol. The van der Waals surface area contributed by atoms with E-state index in [-0.39, 0.29) is 12.0 Å². The summed E-state index contributed by atoms with van der Waals surface area (Å²) in [4.78, 5) is 18.3. The third-order valence-electron chi connectivity index (χ3n) is 4.02. The number of aryl methyl sites for hydroxylation is 2. The molecule has 1 amide bonds. The maximum atomic E-state index is 12.2. The molecule has 6 nitrogen and oxygen atoms in total. The number of hydrogen-bond donors (Lipinski definition) is 1. The molecule has 0 radical (unpaired) electrons. The number of aromatic amines is 1. The van der Waals surface area contributed by atoms with E-state index in [4.69, 9.17) is 4.74 Å². The van der Waals surface area contributed by atoms with Crippen LogP contribution in [0.15, 0.2) is 29.4 Å². The Kier molecular flexibility index (Phi) is 5.40. The van der Waals surface area contributed by atoms with Crippen LogP contribution in [-0.4, -0.2) is 50.9 Å². The van der Waals surface area contributed by atoms with Crippen molar-refractivity contribution in [2.45, 2.75) is 37.9 Å². The highest BCUT2D eigenvalue weighted by Gasteiger charge is 2.32. The minimum Gasteiger partial charge on any atom is -0.486 e. The number of hydrogen-bond acceptors (Lipinski definition) is 5. The lowest BCUT2D eigenvalue weighted by Gasteiger charge is -2.39. The van der Waals surface area contributed by atoms with Crippen molar-refractivity contribution in [2.24, 2.45) is 0 Å². The summed E-state index contributed by atoms with van der Waals surface area (Å²) in [6.07, 6.45) is 1.84. The Morgan fingerprint density at radius 1 is 1.33 bits per heavy atom. The molecule has 7 heteroatoms.